The quantitative estimate of drug-likeness (QED) is 0.626. The molecule has 2 amide bonds. The fourth-order valence-corrected chi connectivity index (χ4v) is 2.90. The lowest BCUT2D eigenvalue weighted by Gasteiger charge is -2.27. The van der Waals surface area contributed by atoms with Gasteiger partial charge in [-0.2, -0.15) is 0 Å². The number of hydrogen-bond donors (Lipinski definition) is 1. The van der Waals surface area contributed by atoms with Gasteiger partial charge < -0.3 is 15.1 Å². The average Bonchev–Trinajstić information content (AvgIpc) is 2.76. The van der Waals surface area contributed by atoms with Gasteiger partial charge in [0.2, 0.25) is 11.8 Å². The summed E-state index contributed by atoms with van der Waals surface area (Å²) in [5.74, 6) is 0.0180. The molecule has 7 nitrogen and oxygen atoms in total. The van der Waals surface area contributed by atoms with Gasteiger partial charge in [0, 0.05) is 37.9 Å². The summed E-state index contributed by atoms with van der Waals surface area (Å²) < 4.78 is 0. The van der Waals surface area contributed by atoms with Crippen molar-refractivity contribution < 1.29 is 9.59 Å². The number of likely N-dealkylation sites (N-methyl/N-ethyl adjacent to an activating group) is 1. The van der Waals surface area contributed by atoms with Crippen molar-refractivity contribution in [1.29, 1.82) is 0 Å². The second kappa shape index (κ2) is 10.2. The molecule has 154 valence electrons. The summed E-state index contributed by atoms with van der Waals surface area (Å²) in [6.45, 7) is 2.56. The summed E-state index contributed by atoms with van der Waals surface area (Å²) >= 11 is 0. The maximum Gasteiger partial charge on any atom is 0.245 e. The molecule has 0 spiro atoms. The van der Waals surface area contributed by atoms with Crippen LogP contribution in [0.15, 0.2) is 73.2 Å². The van der Waals surface area contributed by atoms with Crippen LogP contribution in [-0.4, -0.2) is 46.8 Å². The van der Waals surface area contributed by atoms with Crippen LogP contribution in [-0.2, 0) is 16.1 Å². The first kappa shape index (κ1) is 21.0. The standard InChI is InChI=1S/C23H25N5O2/c1-18-10-11-21(25-13-18)26-22(29)16-27(2)23(30)17-28(20-8-4-3-5-9-20)15-19-7-6-12-24-14-19/h3-14H,15-17H2,1-2H3,(H,25,26,29). The molecule has 0 fully saturated rings. The Morgan fingerprint density at radius 1 is 0.967 bits per heavy atom. The third-order valence-corrected chi connectivity index (χ3v) is 4.53. The molecule has 0 bridgehead atoms. The number of aromatic nitrogens is 2. The lowest BCUT2D eigenvalue weighted by Crippen LogP contribution is -2.41. The van der Waals surface area contributed by atoms with E-state index in [1.54, 1.807) is 31.7 Å². The van der Waals surface area contributed by atoms with Crippen LogP contribution in [0.3, 0.4) is 0 Å². The van der Waals surface area contributed by atoms with Gasteiger partial charge in [0.25, 0.3) is 0 Å². The average molecular weight is 403 g/mol. The van der Waals surface area contributed by atoms with Gasteiger partial charge in [-0.1, -0.05) is 30.3 Å². The Kier molecular flexibility index (Phi) is 7.10. The van der Waals surface area contributed by atoms with Gasteiger partial charge in [-0.3, -0.25) is 14.6 Å². The van der Waals surface area contributed by atoms with Crippen molar-refractivity contribution in [1.82, 2.24) is 14.9 Å². The minimum absolute atomic E-state index is 0.0517. The number of para-hydroxylation sites is 1. The highest BCUT2D eigenvalue weighted by Gasteiger charge is 2.18. The fourth-order valence-electron chi connectivity index (χ4n) is 2.90. The van der Waals surface area contributed by atoms with Gasteiger partial charge in [0.15, 0.2) is 0 Å². The molecule has 0 aliphatic heterocycles. The van der Waals surface area contributed by atoms with Crippen LogP contribution >= 0.6 is 0 Å². The van der Waals surface area contributed by atoms with E-state index in [2.05, 4.69) is 15.3 Å². The smallest absolute Gasteiger partial charge is 0.245 e. The lowest BCUT2D eigenvalue weighted by atomic mass is 10.2. The van der Waals surface area contributed by atoms with Crippen molar-refractivity contribution >= 4 is 23.3 Å². The third-order valence-electron chi connectivity index (χ3n) is 4.53. The monoisotopic (exact) mass is 403 g/mol. The van der Waals surface area contributed by atoms with E-state index < -0.39 is 0 Å². The summed E-state index contributed by atoms with van der Waals surface area (Å²) in [5, 5.41) is 2.71. The molecule has 0 radical (unpaired) electrons. The summed E-state index contributed by atoms with van der Waals surface area (Å²) in [4.78, 5) is 36.8. The number of carbonyl (C=O) groups excluding carboxylic acids is 2. The van der Waals surface area contributed by atoms with Crippen molar-refractivity contribution in [2.75, 3.05) is 30.4 Å². The Balaban J connectivity index is 1.62. The number of aryl methyl sites for hydroxylation is 1. The molecule has 0 atom stereocenters. The number of nitrogens with zero attached hydrogens (tertiary/aromatic N) is 4. The Morgan fingerprint density at radius 2 is 1.77 bits per heavy atom. The highest BCUT2D eigenvalue weighted by Crippen LogP contribution is 2.16. The predicted octanol–water partition coefficient (Wildman–Crippen LogP) is 2.89. The highest BCUT2D eigenvalue weighted by atomic mass is 16.2. The molecule has 0 aliphatic carbocycles. The van der Waals surface area contributed by atoms with Crippen LogP contribution in [0.5, 0.6) is 0 Å². The lowest BCUT2D eigenvalue weighted by molar-refractivity contribution is -0.132. The zero-order valence-electron chi connectivity index (χ0n) is 17.2. The molecule has 2 aromatic heterocycles. The second-order valence-electron chi connectivity index (χ2n) is 7.07. The molecule has 1 N–H and O–H groups in total. The van der Waals surface area contributed by atoms with E-state index >= 15 is 0 Å². The molecular weight excluding hydrogens is 378 g/mol. The molecule has 1 aromatic carbocycles. The number of benzene rings is 1. The maximum absolute atomic E-state index is 12.8. The topological polar surface area (TPSA) is 78.4 Å². The summed E-state index contributed by atoms with van der Waals surface area (Å²) in [5.41, 5.74) is 2.94. The van der Waals surface area contributed by atoms with Gasteiger partial charge in [-0.05, 0) is 42.3 Å². The Hall–Kier alpha value is -3.74. The zero-order valence-corrected chi connectivity index (χ0v) is 17.2. The first-order valence-electron chi connectivity index (χ1n) is 9.66. The number of rotatable bonds is 8. The number of anilines is 2. The summed E-state index contributed by atoms with van der Waals surface area (Å²) in [6.07, 6.45) is 5.18. The molecule has 0 saturated carbocycles. The Morgan fingerprint density at radius 3 is 2.43 bits per heavy atom. The van der Waals surface area contributed by atoms with Gasteiger partial charge in [-0.25, -0.2) is 4.98 Å². The van der Waals surface area contributed by atoms with E-state index in [4.69, 9.17) is 0 Å². The molecule has 30 heavy (non-hydrogen) atoms. The van der Waals surface area contributed by atoms with Crippen molar-refractivity contribution in [2.45, 2.75) is 13.5 Å². The SMILES string of the molecule is Cc1ccc(NC(=O)CN(C)C(=O)CN(Cc2cccnc2)c2ccccc2)nc1. The van der Waals surface area contributed by atoms with Crippen LogP contribution in [0.25, 0.3) is 0 Å². The first-order chi connectivity index (χ1) is 14.5. The van der Waals surface area contributed by atoms with Gasteiger partial charge >= 0.3 is 0 Å². The normalized spacial score (nSPS) is 10.3. The van der Waals surface area contributed by atoms with E-state index in [0.29, 0.717) is 12.4 Å². The van der Waals surface area contributed by atoms with E-state index in [1.807, 2.05) is 60.4 Å². The zero-order chi connectivity index (χ0) is 21.3. The van der Waals surface area contributed by atoms with Crippen molar-refractivity contribution in [3.63, 3.8) is 0 Å². The molecule has 0 unspecified atom stereocenters. The van der Waals surface area contributed by atoms with Crippen LogP contribution in [0, 0.1) is 6.92 Å². The molecule has 0 aliphatic rings. The minimum Gasteiger partial charge on any atom is -0.358 e. The number of amides is 2. The van der Waals surface area contributed by atoms with Crippen molar-refractivity contribution in [3.8, 4) is 0 Å². The molecule has 7 heteroatoms. The first-order valence-corrected chi connectivity index (χ1v) is 9.66. The van der Waals surface area contributed by atoms with Crippen LogP contribution in [0.2, 0.25) is 0 Å². The molecule has 3 rings (SSSR count). The predicted molar refractivity (Wildman–Crippen MR) is 117 cm³/mol. The van der Waals surface area contributed by atoms with Crippen molar-refractivity contribution in [2.24, 2.45) is 0 Å². The number of hydrogen-bond acceptors (Lipinski definition) is 5. The number of carbonyl (C=O) groups is 2. The maximum atomic E-state index is 12.8. The Bertz CT molecular complexity index is 962. The van der Waals surface area contributed by atoms with E-state index in [1.165, 1.54) is 4.90 Å². The van der Waals surface area contributed by atoms with Crippen LogP contribution in [0.4, 0.5) is 11.5 Å². The summed E-state index contributed by atoms with van der Waals surface area (Å²) in [7, 11) is 1.62. The van der Waals surface area contributed by atoms with E-state index in [0.717, 1.165) is 16.8 Å². The van der Waals surface area contributed by atoms with Gasteiger partial charge in [0.1, 0.15) is 5.82 Å². The van der Waals surface area contributed by atoms with Crippen molar-refractivity contribution in [3.05, 3.63) is 84.3 Å². The highest BCUT2D eigenvalue weighted by molar-refractivity contribution is 5.94. The molecular formula is C23H25N5O2. The largest absolute Gasteiger partial charge is 0.358 e. The second-order valence-corrected chi connectivity index (χ2v) is 7.07. The summed E-state index contributed by atoms with van der Waals surface area (Å²) in [6, 6.07) is 17.2. The molecule has 2 heterocycles. The van der Waals surface area contributed by atoms with E-state index in [-0.39, 0.29) is 24.9 Å². The van der Waals surface area contributed by atoms with Crippen LogP contribution in [0.1, 0.15) is 11.1 Å². The minimum atomic E-state index is -0.291. The molecule has 3 aromatic rings. The van der Waals surface area contributed by atoms with Gasteiger partial charge in [0.05, 0.1) is 13.1 Å². The Labute approximate surface area is 176 Å². The third kappa shape index (κ3) is 6.13. The van der Waals surface area contributed by atoms with Gasteiger partial charge in [-0.15, -0.1) is 0 Å². The molecule has 0 saturated heterocycles. The number of nitrogens with one attached hydrogen (secondary N) is 1. The fraction of sp³-hybridized carbons (Fsp3) is 0.217. The number of pyridine rings is 2. The van der Waals surface area contributed by atoms with Crippen LogP contribution < -0.4 is 10.2 Å². The van der Waals surface area contributed by atoms with E-state index in [9.17, 15) is 9.59 Å².